The lowest BCUT2D eigenvalue weighted by Gasteiger charge is -2.23. The van der Waals surface area contributed by atoms with Crippen LogP contribution in [0.1, 0.15) is 36.2 Å². The summed E-state index contributed by atoms with van der Waals surface area (Å²) in [7, 11) is 1.55. The predicted octanol–water partition coefficient (Wildman–Crippen LogP) is 3.72. The average molecular weight is 383 g/mol. The number of rotatable bonds is 4. The minimum absolute atomic E-state index is 0.131. The zero-order valence-electron chi connectivity index (χ0n) is 15.9. The Kier molecular flexibility index (Phi) is 4.72. The number of amides is 2. The second-order valence-electron chi connectivity index (χ2n) is 6.69. The molecule has 1 aliphatic heterocycles. The molecule has 1 fully saturated rings. The van der Waals surface area contributed by atoms with E-state index in [1.54, 1.807) is 37.1 Å². The Morgan fingerprint density at radius 1 is 1.29 bits per heavy atom. The molecular formula is C19H21N5O4. The number of hydrogen-bond donors (Lipinski definition) is 1. The molecule has 0 aliphatic carbocycles. The molecule has 0 radical (unpaired) electrons. The summed E-state index contributed by atoms with van der Waals surface area (Å²) in [4.78, 5) is 14.7. The van der Waals surface area contributed by atoms with Crippen molar-refractivity contribution >= 4 is 11.7 Å². The van der Waals surface area contributed by atoms with Crippen LogP contribution in [0.5, 0.6) is 5.75 Å². The molecule has 2 amide bonds. The van der Waals surface area contributed by atoms with Crippen molar-refractivity contribution in [1.82, 2.24) is 20.3 Å². The van der Waals surface area contributed by atoms with E-state index in [1.165, 1.54) is 0 Å². The number of carbonyl (C=O) groups excluding carboxylic acids is 1. The van der Waals surface area contributed by atoms with Gasteiger partial charge in [0.05, 0.1) is 24.5 Å². The molecule has 1 saturated heterocycles. The molecule has 0 spiro atoms. The van der Waals surface area contributed by atoms with Crippen LogP contribution in [0.4, 0.5) is 10.5 Å². The standard InChI is InChI=1S/C19H21N5O4/c1-11-9-17(28-23-11)15-5-4-8-24(15)19(25)20-14-10-13(6-7-16(14)26-3)18-22-21-12(2)27-18/h6-7,9-10,15H,4-5,8H2,1-3H3,(H,20,25). The maximum atomic E-state index is 13.0. The molecule has 0 bridgehead atoms. The van der Waals surface area contributed by atoms with Gasteiger partial charge in [0.2, 0.25) is 11.8 Å². The average Bonchev–Trinajstić information content (AvgIpc) is 3.42. The Morgan fingerprint density at radius 3 is 2.82 bits per heavy atom. The summed E-state index contributed by atoms with van der Waals surface area (Å²) < 4.78 is 16.2. The Labute approximate surface area is 161 Å². The summed E-state index contributed by atoms with van der Waals surface area (Å²) in [6.07, 6.45) is 1.73. The van der Waals surface area contributed by atoms with Crippen molar-refractivity contribution in [2.75, 3.05) is 19.0 Å². The van der Waals surface area contributed by atoms with Crippen LogP contribution in [0, 0.1) is 13.8 Å². The van der Waals surface area contributed by atoms with Crippen LogP contribution in [-0.2, 0) is 0 Å². The number of benzene rings is 1. The van der Waals surface area contributed by atoms with E-state index in [0.717, 1.165) is 18.5 Å². The van der Waals surface area contributed by atoms with E-state index < -0.39 is 0 Å². The second kappa shape index (κ2) is 7.34. The summed E-state index contributed by atoms with van der Waals surface area (Å²) in [5.41, 5.74) is 2.02. The molecule has 4 rings (SSSR count). The van der Waals surface area contributed by atoms with Crippen LogP contribution in [0.15, 0.2) is 33.2 Å². The number of methoxy groups -OCH3 is 1. The lowest BCUT2D eigenvalue weighted by molar-refractivity contribution is 0.195. The Balaban J connectivity index is 1.58. The fourth-order valence-electron chi connectivity index (χ4n) is 3.38. The highest BCUT2D eigenvalue weighted by Gasteiger charge is 2.33. The first-order chi connectivity index (χ1) is 13.5. The van der Waals surface area contributed by atoms with Gasteiger partial charge in [-0.25, -0.2) is 4.79 Å². The number of urea groups is 1. The van der Waals surface area contributed by atoms with E-state index in [1.807, 2.05) is 13.0 Å². The molecule has 146 valence electrons. The van der Waals surface area contributed by atoms with E-state index in [9.17, 15) is 4.79 Å². The van der Waals surface area contributed by atoms with Crippen LogP contribution < -0.4 is 10.1 Å². The number of anilines is 1. The summed E-state index contributed by atoms with van der Waals surface area (Å²) in [5.74, 6) is 2.09. The highest BCUT2D eigenvalue weighted by Crippen LogP contribution is 2.35. The molecule has 9 heteroatoms. The predicted molar refractivity (Wildman–Crippen MR) is 100.0 cm³/mol. The fourth-order valence-corrected chi connectivity index (χ4v) is 3.38. The van der Waals surface area contributed by atoms with Gasteiger partial charge in [0.1, 0.15) is 5.75 Å². The SMILES string of the molecule is COc1ccc(-c2nnc(C)o2)cc1NC(=O)N1CCCC1c1cc(C)no1. The number of hydrogen-bond acceptors (Lipinski definition) is 7. The van der Waals surface area contributed by atoms with Gasteiger partial charge in [0.15, 0.2) is 5.76 Å². The monoisotopic (exact) mass is 383 g/mol. The van der Waals surface area contributed by atoms with Crippen molar-refractivity contribution in [3.8, 4) is 17.2 Å². The zero-order chi connectivity index (χ0) is 19.7. The molecule has 28 heavy (non-hydrogen) atoms. The fraction of sp³-hybridized carbons (Fsp3) is 0.368. The van der Waals surface area contributed by atoms with Crippen molar-refractivity contribution in [3.63, 3.8) is 0 Å². The lowest BCUT2D eigenvalue weighted by Crippen LogP contribution is -2.34. The molecular weight excluding hydrogens is 362 g/mol. The van der Waals surface area contributed by atoms with Gasteiger partial charge in [0.25, 0.3) is 0 Å². The van der Waals surface area contributed by atoms with Crippen LogP contribution >= 0.6 is 0 Å². The molecule has 0 saturated carbocycles. The molecule has 1 N–H and O–H groups in total. The number of nitrogens with zero attached hydrogens (tertiary/aromatic N) is 4. The minimum Gasteiger partial charge on any atom is -0.495 e. The topological polar surface area (TPSA) is 107 Å². The molecule has 1 aliphatic rings. The zero-order valence-corrected chi connectivity index (χ0v) is 15.9. The van der Waals surface area contributed by atoms with Gasteiger partial charge in [0, 0.05) is 25.1 Å². The first-order valence-corrected chi connectivity index (χ1v) is 9.04. The summed E-state index contributed by atoms with van der Waals surface area (Å²) in [6.45, 7) is 4.23. The van der Waals surface area contributed by atoms with Gasteiger partial charge in [-0.3, -0.25) is 0 Å². The third kappa shape index (κ3) is 3.42. The van der Waals surface area contributed by atoms with Gasteiger partial charge in [-0.2, -0.15) is 0 Å². The normalized spacial score (nSPS) is 16.4. The maximum Gasteiger partial charge on any atom is 0.322 e. The minimum atomic E-state index is -0.228. The van der Waals surface area contributed by atoms with Crippen molar-refractivity contribution in [3.05, 3.63) is 41.6 Å². The number of aromatic nitrogens is 3. The van der Waals surface area contributed by atoms with Gasteiger partial charge < -0.3 is 23.9 Å². The second-order valence-corrected chi connectivity index (χ2v) is 6.69. The van der Waals surface area contributed by atoms with Crippen LogP contribution in [0.2, 0.25) is 0 Å². The van der Waals surface area contributed by atoms with Crippen LogP contribution in [0.25, 0.3) is 11.5 Å². The summed E-state index contributed by atoms with van der Waals surface area (Å²) >= 11 is 0. The van der Waals surface area contributed by atoms with Gasteiger partial charge in [-0.1, -0.05) is 5.16 Å². The Bertz CT molecular complexity index is 996. The maximum absolute atomic E-state index is 13.0. The van der Waals surface area contributed by atoms with Crippen molar-refractivity contribution in [2.45, 2.75) is 32.7 Å². The van der Waals surface area contributed by atoms with E-state index in [-0.39, 0.29) is 12.1 Å². The number of likely N-dealkylation sites (tertiary alicyclic amines) is 1. The van der Waals surface area contributed by atoms with Crippen molar-refractivity contribution in [1.29, 1.82) is 0 Å². The number of aryl methyl sites for hydroxylation is 2. The number of nitrogens with one attached hydrogen (secondary N) is 1. The van der Waals surface area contributed by atoms with E-state index >= 15 is 0 Å². The molecule has 1 atom stereocenters. The van der Waals surface area contributed by atoms with E-state index in [0.29, 0.717) is 41.1 Å². The van der Waals surface area contributed by atoms with Crippen LogP contribution in [-0.4, -0.2) is 39.9 Å². The van der Waals surface area contributed by atoms with Gasteiger partial charge in [-0.15, -0.1) is 10.2 Å². The molecule has 3 aromatic rings. The van der Waals surface area contributed by atoms with Crippen LogP contribution in [0.3, 0.4) is 0 Å². The largest absolute Gasteiger partial charge is 0.495 e. The first-order valence-electron chi connectivity index (χ1n) is 9.04. The Hall–Kier alpha value is -3.36. The summed E-state index contributed by atoms with van der Waals surface area (Å²) in [6, 6.07) is 6.83. The quantitative estimate of drug-likeness (QED) is 0.732. The smallest absolute Gasteiger partial charge is 0.322 e. The van der Waals surface area contributed by atoms with Crippen molar-refractivity contribution < 1.29 is 18.5 Å². The highest BCUT2D eigenvalue weighted by atomic mass is 16.5. The molecule has 1 aromatic carbocycles. The summed E-state index contributed by atoms with van der Waals surface area (Å²) in [5, 5.41) is 14.7. The third-order valence-corrected chi connectivity index (χ3v) is 4.70. The third-order valence-electron chi connectivity index (χ3n) is 4.70. The highest BCUT2D eigenvalue weighted by molar-refractivity contribution is 5.92. The van der Waals surface area contributed by atoms with Gasteiger partial charge >= 0.3 is 6.03 Å². The number of carbonyl (C=O) groups is 1. The van der Waals surface area contributed by atoms with Gasteiger partial charge in [-0.05, 0) is 38.0 Å². The Morgan fingerprint density at radius 2 is 2.14 bits per heavy atom. The molecule has 2 aromatic heterocycles. The van der Waals surface area contributed by atoms with E-state index in [2.05, 4.69) is 20.7 Å². The van der Waals surface area contributed by atoms with E-state index in [4.69, 9.17) is 13.7 Å². The molecule has 1 unspecified atom stereocenters. The lowest BCUT2D eigenvalue weighted by atomic mass is 10.1. The van der Waals surface area contributed by atoms with Crippen molar-refractivity contribution in [2.24, 2.45) is 0 Å². The first kappa shape index (κ1) is 18.0. The number of ether oxygens (including phenoxy) is 1. The molecule has 3 heterocycles. The molecule has 9 nitrogen and oxygen atoms in total.